The van der Waals surface area contributed by atoms with E-state index in [2.05, 4.69) is 4.98 Å². The number of carboxylic acid groups (broad SMARTS) is 1. The number of benzene rings is 2. The Kier molecular flexibility index (Phi) is 4.22. The molecule has 0 spiro atoms. The Morgan fingerprint density at radius 3 is 2.36 bits per heavy atom. The summed E-state index contributed by atoms with van der Waals surface area (Å²) in [4.78, 5) is 16.5. The summed E-state index contributed by atoms with van der Waals surface area (Å²) in [6, 6.07) is 17.1. The SMILES string of the molecule is O=C(O)Cc1nc(-c2ccccc2)sc1-c1ccc(Cl)cc1. The Balaban J connectivity index is 2.09. The van der Waals surface area contributed by atoms with Gasteiger partial charge in [0.2, 0.25) is 0 Å². The van der Waals surface area contributed by atoms with Crippen molar-refractivity contribution in [2.24, 2.45) is 0 Å². The minimum atomic E-state index is -0.889. The van der Waals surface area contributed by atoms with E-state index in [1.807, 2.05) is 42.5 Å². The van der Waals surface area contributed by atoms with Gasteiger partial charge < -0.3 is 5.11 Å². The number of hydrogen-bond donors (Lipinski definition) is 1. The highest BCUT2D eigenvalue weighted by Gasteiger charge is 2.16. The van der Waals surface area contributed by atoms with Gasteiger partial charge in [0.1, 0.15) is 5.01 Å². The standard InChI is InChI=1S/C17H12ClNO2S/c18-13-8-6-11(7-9-13)16-14(10-15(20)21)19-17(22-16)12-4-2-1-3-5-12/h1-9H,10H2,(H,20,21). The molecule has 22 heavy (non-hydrogen) atoms. The summed E-state index contributed by atoms with van der Waals surface area (Å²) >= 11 is 7.41. The fourth-order valence-electron chi connectivity index (χ4n) is 2.15. The van der Waals surface area contributed by atoms with E-state index in [9.17, 15) is 4.79 Å². The molecule has 0 saturated carbocycles. The van der Waals surface area contributed by atoms with E-state index in [4.69, 9.17) is 16.7 Å². The lowest BCUT2D eigenvalue weighted by Crippen LogP contribution is -2.01. The van der Waals surface area contributed by atoms with Crippen molar-refractivity contribution in [3.8, 4) is 21.0 Å². The Bertz CT molecular complexity index is 797. The highest BCUT2D eigenvalue weighted by molar-refractivity contribution is 7.18. The van der Waals surface area contributed by atoms with Crippen LogP contribution < -0.4 is 0 Å². The lowest BCUT2D eigenvalue weighted by Gasteiger charge is -2.00. The average Bonchev–Trinajstić information content (AvgIpc) is 2.92. The summed E-state index contributed by atoms with van der Waals surface area (Å²) in [5.41, 5.74) is 2.50. The number of aromatic nitrogens is 1. The second kappa shape index (κ2) is 6.30. The highest BCUT2D eigenvalue weighted by Crippen LogP contribution is 2.36. The van der Waals surface area contributed by atoms with Gasteiger partial charge in [0, 0.05) is 10.6 Å². The molecule has 0 aliphatic rings. The van der Waals surface area contributed by atoms with Gasteiger partial charge in [-0.2, -0.15) is 0 Å². The molecule has 110 valence electrons. The Morgan fingerprint density at radius 1 is 1.05 bits per heavy atom. The van der Waals surface area contributed by atoms with Crippen LogP contribution in [0.1, 0.15) is 5.69 Å². The molecule has 0 aliphatic heterocycles. The first kappa shape index (κ1) is 14.8. The van der Waals surface area contributed by atoms with Crippen molar-refractivity contribution < 1.29 is 9.90 Å². The van der Waals surface area contributed by atoms with Crippen molar-refractivity contribution in [3.63, 3.8) is 0 Å². The van der Waals surface area contributed by atoms with Crippen LogP contribution in [0.25, 0.3) is 21.0 Å². The van der Waals surface area contributed by atoms with Gasteiger partial charge in [0.05, 0.1) is 17.0 Å². The van der Waals surface area contributed by atoms with Crippen LogP contribution in [-0.4, -0.2) is 16.1 Å². The van der Waals surface area contributed by atoms with Crippen LogP contribution in [-0.2, 0) is 11.2 Å². The van der Waals surface area contributed by atoms with Gasteiger partial charge >= 0.3 is 5.97 Å². The number of carboxylic acids is 1. The molecule has 0 fully saturated rings. The van der Waals surface area contributed by atoms with Gasteiger partial charge in [-0.25, -0.2) is 4.98 Å². The van der Waals surface area contributed by atoms with E-state index in [0.29, 0.717) is 10.7 Å². The summed E-state index contributed by atoms with van der Waals surface area (Å²) in [5.74, 6) is -0.889. The Hall–Kier alpha value is -2.17. The van der Waals surface area contributed by atoms with Crippen LogP contribution in [0.4, 0.5) is 0 Å². The molecule has 0 atom stereocenters. The predicted molar refractivity (Wildman–Crippen MR) is 89.3 cm³/mol. The molecule has 3 rings (SSSR count). The van der Waals surface area contributed by atoms with Crippen molar-refractivity contribution in [1.29, 1.82) is 0 Å². The molecule has 1 N–H and O–H groups in total. The number of hydrogen-bond acceptors (Lipinski definition) is 3. The maximum Gasteiger partial charge on any atom is 0.309 e. The van der Waals surface area contributed by atoms with Gasteiger partial charge in [0.25, 0.3) is 0 Å². The quantitative estimate of drug-likeness (QED) is 0.751. The van der Waals surface area contributed by atoms with Crippen LogP contribution in [0.5, 0.6) is 0 Å². The second-order valence-electron chi connectivity index (χ2n) is 4.74. The Morgan fingerprint density at radius 2 is 1.73 bits per heavy atom. The van der Waals surface area contributed by atoms with E-state index >= 15 is 0 Å². The summed E-state index contributed by atoms with van der Waals surface area (Å²) in [7, 11) is 0. The van der Waals surface area contributed by atoms with Gasteiger partial charge in [-0.1, -0.05) is 54.1 Å². The number of halogens is 1. The summed E-state index contributed by atoms with van der Waals surface area (Å²) in [6.45, 7) is 0. The maximum atomic E-state index is 11.1. The fraction of sp³-hybridized carbons (Fsp3) is 0.0588. The molecule has 5 heteroatoms. The zero-order valence-electron chi connectivity index (χ0n) is 11.5. The monoisotopic (exact) mass is 329 g/mol. The minimum Gasteiger partial charge on any atom is -0.481 e. The third-order valence-electron chi connectivity index (χ3n) is 3.14. The first-order chi connectivity index (χ1) is 10.6. The summed E-state index contributed by atoms with van der Waals surface area (Å²) < 4.78 is 0. The molecular weight excluding hydrogens is 318 g/mol. The van der Waals surface area contributed by atoms with Crippen LogP contribution in [0.15, 0.2) is 54.6 Å². The minimum absolute atomic E-state index is 0.0959. The average molecular weight is 330 g/mol. The van der Waals surface area contributed by atoms with E-state index in [1.165, 1.54) is 11.3 Å². The van der Waals surface area contributed by atoms with Crippen LogP contribution in [0, 0.1) is 0 Å². The predicted octanol–water partition coefficient (Wildman–Crippen LogP) is 4.76. The number of carbonyl (C=O) groups is 1. The first-order valence-electron chi connectivity index (χ1n) is 6.66. The van der Waals surface area contributed by atoms with Crippen LogP contribution in [0.2, 0.25) is 5.02 Å². The molecule has 1 heterocycles. The number of rotatable bonds is 4. The van der Waals surface area contributed by atoms with Gasteiger partial charge in [-0.15, -0.1) is 11.3 Å². The number of aliphatic carboxylic acids is 1. The van der Waals surface area contributed by atoms with E-state index in [-0.39, 0.29) is 6.42 Å². The van der Waals surface area contributed by atoms with Crippen LogP contribution in [0.3, 0.4) is 0 Å². The summed E-state index contributed by atoms with van der Waals surface area (Å²) in [6.07, 6.45) is -0.0959. The molecule has 0 unspecified atom stereocenters. The van der Waals surface area contributed by atoms with Crippen LogP contribution >= 0.6 is 22.9 Å². The van der Waals surface area contributed by atoms with Crippen molar-refractivity contribution in [2.45, 2.75) is 6.42 Å². The first-order valence-corrected chi connectivity index (χ1v) is 7.86. The third-order valence-corrected chi connectivity index (χ3v) is 4.59. The van der Waals surface area contributed by atoms with Crippen molar-refractivity contribution in [3.05, 3.63) is 65.3 Å². The number of thiazole rings is 1. The molecule has 1 aromatic heterocycles. The molecule has 0 radical (unpaired) electrons. The van der Waals surface area contributed by atoms with E-state index < -0.39 is 5.97 Å². The van der Waals surface area contributed by atoms with E-state index in [1.54, 1.807) is 12.1 Å². The lowest BCUT2D eigenvalue weighted by atomic mass is 10.1. The zero-order valence-corrected chi connectivity index (χ0v) is 13.1. The smallest absolute Gasteiger partial charge is 0.309 e. The molecule has 3 aromatic rings. The largest absolute Gasteiger partial charge is 0.481 e. The van der Waals surface area contributed by atoms with Gasteiger partial charge in [-0.05, 0) is 17.7 Å². The highest BCUT2D eigenvalue weighted by atomic mass is 35.5. The lowest BCUT2D eigenvalue weighted by molar-refractivity contribution is -0.136. The molecule has 0 bridgehead atoms. The molecule has 2 aromatic carbocycles. The molecular formula is C17H12ClNO2S. The van der Waals surface area contributed by atoms with Crippen molar-refractivity contribution >= 4 is 28.9 Å². The molecule has 0 saturated heterocycles. The van der Waals surface area contributed by atoms with Gasteiger partial charge in [-0.3, -0.25) is 4.79 Å². The van der Waals surface area contributed by atoms with Crippen molar-refractivity contribution in [2.75, 3.05) is 0 Å². The normalized spacial score (nSPS) is 10.6. The molecule has 0 amide bonds. The number of nitrogens with zero attached hydrogens (tertiary/aromatic N) is 1. The van der Waals surface area contributed by atoms with Gasteiger partial charge in [0.15, 0.2) is 0 Å². The molecule has 0 aliphatic carbocycles. The topological polar surface area (TPSA) is 50.2 Å². The second-order valence-corrected chi connectivity index (χ2v) is 6.17. The maximum absolute atomic E-state index is 11.1. The van der Waals surface area contributed by atoms with E-state index in [0.717, 1.165) is 21.0 Å². The molecule has 3 nitrogen and oxygen atoms in total. The zero-order chi connectivity index (χ0) is 15.5. The fourth-order valence-corrected chi connectivity index (χ4v) is 3.36. The Labute approximate surface area is 136 Å². The third kappa shape index (κ3) is 3.18. The van der Waals surface area contributed by atoms with Crippen molar-refractivity contribution in [1.82, 2.24) is 4.98 Å². The summed E-state index contributed by atoms with van der Waals surface area (Å²) in [5, 5.41) is 10.6.